The van der Waals surface area contributed by atoms with Crippen molar-refractivity contribution >= 4 is 46.5 Å². The summed E-state index contributed by atoms with van der Waals surface area (Å²) >= 11 is 18.5. The van der Waals surface area contributed by atoms with Crippen LogP contribution >= 0.6 is 34.8 Å². The summed E-state index contributed by atoms with van der Waals surface area (Å²) in [5.41, 5.74) is 17.7. The first-order valence-corrected chi connectivity index (χ1v) is 8.78. The molecule has 10 heteroatoms. The van der Waals surface area contributed by atoms with E-state index in [1.165, 1.54) is 5.01 Å². The minimum absolute atomic E-state index is 0.0572. The number of hydrogen-bond donors (Lipinski definition) is 4. The first-order chi connectivity index (χ1) is 12.8. The van der Waals surface area contributed by atoms with E-state index in [0.29, 0.717) is 16.1 Å². The lowest BCUT2D eigenvalue weighted by molar-refractivity contribution is -0.114. The number of nitrogens with zero attached hydrogens (tertiary/aromatic N) is 1. The van der Waals surface area contributed by atoms with Crippen molar-refractivity contribution in [3.8, 4) is 0 Å². The van der Waals surface area contributed by atoms with Gasteiger partial charge in [-0.05, 0) is 42.0 Å². The van der Waals surface area contributed by atoms with E-state index in [9.17, 15) is 9.59 Å². The molecule has 27 heavy (non-hydrogen) atoms. The van der Waals surface area contributed by atoms with Gasteiger partial charge in [-0.25, -0.2) is 0 Å². The van der Waals surface area contributed by atoms with Gasteiger partial charge in [-0.3, -0.25) is 20.0 Å². The maximum atomic E-state index is 12.7. The van der Waals surface area contributed by atoms with E-state index in [1.54, 1.807) is 36.4 Å². The Morgan fingerprint density at radius 2 is 1.63 bits per heavy atom. The largest absolute Gasteiger partial charge is 0.382 e. The number of primary amides is 1. The second kappa shape index (κ2) is 7.66. The first-order valence-electron chi connectivity index (χ1n) is 7.65. The molecule has 2 aromatic rings. The number of carbonyl (C=O) groups excluding carboxylic acids is 2. The Balaban J connectivity index is 1.86. The lowest BCUT2D eigenvalue weighted by Gasteiger charge is -2.19. The SMILES string of the molecule is NC(=O)C1=C(N)N(Cc2cc(Cl)c(C(=O)c3ccc(Cl)cc3)c(Cl)c2)NN1. The Labute approximate surface area is 169 Å². The van der Waals surface area contributed by atoms with Gasteiger partial charge in [0.1, 0.15) is 5.82 Å². The predicted octanol–water partition coefficient (Wildman–Crippen LogP) is 2.32. The summed E-state index contributed by atoms with van der Waals surface area (Å²) in [7, 11) is 0. The van der Waals surface area contributed by atoms with Crippen molar-refractivity contribution in [1.29, 1.82) is 0 Å². The van der Waals surface area contributed by atoms with E-state index in [1.807, 2.05) is 0 Å². The standard InChI is InChI=1S/C17H14Cl3N5O2/c18-10-3-1-9(2-4-10)15(26)13-11(19)5-8(6-12(13)20)7-25-16(21)14(17(22)27)23-24-25/h1-6,23-24H,7,21H2,(H2,22,27). The van der Waals surface area contributed by atoms with E-state index < -0.39 is 5.91 Å². The molecule has 1 aliphatic rings. The molecule has 140 valence electrons. The van der Waals surface area contributed by atoms with Crippen molar-refractivity contribution in [2.24, 2.45) is 11.5 Å². The molecule has 0 atom stereocenters. The van der Waals surface area contributed by atoms with Gasteiger partial charge in [0.2, 0.25) is 0 Å². The zero-order valence-electron chi connectivity index (χ0n) is 13.7. The van der Waals surface area contributed by atoms with Crippen molar-refractivity contribution in [2.45, 2.75) is 6.54 Å². The molecule has 0 bridgehead atoms. The molecule has 6 N–H and O–H groups in total. The monoisotopic (exact) mass is 425 g/mol. The lowest BCUT2D eigenvalue weighted by Crippen LogP contribution is -2.39. The summed E-state index contributed by atoms with van der Waals surface area (Å²) in [6.45, 7) is 0.227. The van der Waals surface area contributed by atoms with Crippen LogP contribution in [0.25, 0.3) is 0 Å². The summed E-state index contributed by atoms with van der Waals surface area (Å²) in [4.78, 5) is 24.0. The average molecular weight is 427 g/mol. The van der Waals surface area contributed by atoms with Crippen LogP contribution in [0, 0.1) is 0 Å². The predicted molar refractivity (Wildman–Crippen MR) is 104 cm³/mol. The molecule has 0 unspecified atom stereocenters. The van der Waals surface area contributed by atoms with Crippen LogP contribution in [0.2, 0.25) is 15.1 Å². The molecule has 0 fully saturated rings. The van der Waals surface area contributed by atoms with Gasteiger partial charge in [-0.2, -0.15) is 0 Å². The van der Waals surface area contributed by atoms with Crippen LogP contribution in [0.1, 0.15) is 21.5 Å². The third-order valence-electron chi connectivity index (χ3n) is 3.89. The van der Waals surface area contributed by atoms with Crippen LogP contribution in [0.4, 0.5) is 0 Å². The normalized spacial score (nSPS) is 13.7. The van der Waals surface area contributed by atoms with E-state index >= 15 is 0 Å². The highest BCUT2D eigenvalue weighted by molar-refractivity contribution is 6.41. The molecule has 0 radical (unpaired) electrons. The Morgan fingerprint density at radius 1 is 1.04 bits per heavy atom. The van der Waals surface area contributed by atoms with Crippen molar-refractivity contribution in [3.63, 3.8) is 0 Å². The highest BCUT2D eigenvalue weighted by Gasteiger charge is 2.24. The maximum absolute atomic E-state index is 12.7. The van der Waals surface area contributed by atoms with Crippen molar-refractivity contribution < 1.29 is 9.59 Å². The van der Waals surface area contributed by atoms with Gasteiger partial charge >= 0.3 is 0 Å². The number of hydrogen-bond acceptors (Lipinski definition) is 6. The zero-order chi connectivity index (χ0) is 19.7. The summed E-state index contributed by atoms with van der Waals surface area (Å²) in [5, 5.41) is 2.37. The number of halogens is 3. The van der Waals surface area contributed by atoms with Gasteiger partial charge in [0.15, 0.2) is 11.5 Å². The number of rotatable bonds is 5. The molecule has 0 aromatic heterocycles. The van der Waals surface area contributed by atoms with Crippen LogP contribution in [-0.4, -0.2) is 16.7 Å². The topological polar surface area (TPSA) is 113 Å². The molecule has 3 rings (SSSR count). The fourth-order valence-electron chi connectivity index (χ4n) is 2.56. The summed E-state index contributed by atoms with van der Waals surface area (Å²) in [6, 6.07) is 9.64. The number of hydrazine groups is 2. The lowest BCUT2D eigenvalue weighted by atomic mass is 10.0. The first kappa shape index (κ1) is 19.3. The van der Waals surface area contributed by atoms with Crippen molar-refractivity contribution in [1.82, 2.24) is 16.0 Å². The zero-order valence-corrected chi connectivity index (χ0v) is 16.0. The number of benzene rings is 2. The van der Waals surface area contributed by atoms with Gasteiger partial charge < -0.3 is 11.5 Å². The third kappa shape index (κ3) is 3.96. The third-order valence-corrected chi connectivity index (χ3v) is 4.73. The van der Waals surface area contributed by atoms with Gasteiger partial charge in [0.05, 0.1) is 22.2 Å². The Bertz CT molecular complexity index is 937. The second-order valence-electron chi connectivity index (χ2n) is 5.72. The molecule has 0 spiro atoms. The second-order valence-corrected chi connectivity index (χ2v) is 6.97. The number of carbonyl (C=O) groups is 2. The van der Waals surface area contributed by atoms with Crippen LogP contribution < -0.4 is 22.4 Å². The van der Waals surface area contributed by atoms with E-state index in [-0.39, 0.29) is 39.5 Å². The average Bonchev–Trinajstić information content (AvgIpc) is 2.95. The van der Waals surface area contributed by atoms with E-state index in [4.69, 9.17) is 46.3 Å². The van der Waals surface area contributed by atoms with Crippen LogP contribution in [-0.2, 0) is 11.3 Å². The number of nitrogens with two attached hydrogens (primary N) is 2. The maximum Gasteiger partial charge on any atom is 0.270 e. The molecule has 1 heterocycles. The van der Waals surface area contributed by atoms with Gasteiger partial charge in [0.25, 0.3) is 5.91 Å². The molecule has 0 saturated heterocycles. The summed E-state index contributed by atoms with van der Waals surface area (Å²) < 4.78 is 0. The van der Waals surface area contributed by atoms with Gasteiger partial charge in [0, 0.05) is 10.6 Å². The molecule has 7 nitrogen and oxygen atoms in total. The van der Waals surface area contributed by atoms with Crippen LogP contribution in [0.5, 0.6) is 0 Å². The molecule has 2 aromatic carbocycles. The van der Waals surface area contributed by atoms with Crippen molar-refractivity contribution in [3.05, 3.63) is 79.7 Å². The minimum Gasteiger partial charge on any atom is -0.382 e. The molecule has 0 saturated carbocycles. The smallest absolute Gasteiger partial charge is 0.270 e. The summed E-state index contributed by atoms with van der Waals surface area (Å²) in [5.74, 6) is -0.872. The Morgan fingerprint density at radius 3 is 2.15 bits per heavy atom. The Hall–Kier alpha value is -2.45. The number of nitrogens with one attached hydrogen (secondary N) is 2. The fraction of sp³-hybridized carbons (Fsp3) is 0.0588. The Kier molecular flexibility index (Phi) is 5.48. The minimum atomic E-state index is -0.692. The van der Waals surface area contributed by atoms with Crippen LogP contribution in [0.3, 0.4) is 0 Å². The quantitative estimate of drug-likeness (QED) is 0.546. The van der Waals surface area contributed by atoms with E-state index in [0.717, 1.165) is 0 Å². The highest BCUT2D eigenvalue weighted by Crippen LogP contribution is 2.30. The molecule has 1 amide bonds. The summed E-state index contributed by atoms with van der Waals surface area (Å²) in [6.07, 6.45) is 0. The fourth-order valence-corrected chi connectivity index (χ4v) is 3.39. The number of amides is 1. The molecular weight excluding hydrogens is 413 g/mol. The van der Waals surface area contributed by atoms with Gasteiger partial charge in [-0.15, -0.1) is 5.53 Å². The van der Waals surface area contributed by atoms with E-state index in [2.05, 4.69) is 11.0 Å². The van der Waals surface area contributed by atoms with Crippen molar-refractivity contribution in [2.75, 3.05) is 0 Å². The van der Waals surface area contributed by atoms with Crippen LogP contribution in [0.15, 0.2) is 47.9 Å². The van der Waals surface area contributed by atoms with Gasteiger partial charge in [-0.1, -0.05) is 34.8 Å². The number of ketones is 1. The molecule has 0 aliphatic carbocycles. The molecule has 1 aliphatic heterocycles. The highest BCUT2D eigenvalue weighted by atomic mass is 35.5. The molecular formula is C17H14Cl3N5O2.